The molecule has 2 fully saturated rings. The van der Waals surface area contributed by atoms with Crippen LogP contribution in [-0.2, 0) is 9.59 Å². The Hall–Kier alpha value is -1.84. The minimum absolute atomic E-state index is 0.0133. The zero-order valence-corrected chi connectivity index (χ0v) is 14.3. The lowest BCUT2D eigenvalue weighted by Crippen LogP contribution is -2.39. The van der Waals surface area contributed by atoms with Crippen LogP contribution in [0.1, 0.15) is 37.3 Å². The second-order valence-corrected chi connectivity index (χ2v) is 7.26. The molecule has 2 unspecified atom stereocenters. The molecule has 4 heteroatoms. The highest BCUT2D eigenvalue weighted by atomic mass is 16.2. The molecule has 0 spiro atoms. The SMILES string of the molecule is Cc1ccc(NC(=O)C2CC2C(=O)N2CCC(C)CC2)c(C)c1. The Morgan fingerprint density at radius 2 is 1.83 bits per heavy atom. The van der Waals surface area contributed by atoms with E-state index in [2.05, 4.69) is 18.3 Å². The third kappa shape index (κ3) is 3.57. The number of nitrogens with zero attached hydrogens (tertiary/aromatic N) is 1. The van der Waals surface area contributed by atoms with Gasteiger partial charge < -0.3 is 10.2 Å². The van der Waals surface area contributed by atoms with Crippen LogP contribution in [0.2, 0.25) is 0 Å². The van der Waals surface area contributed by atoms with Crippen molar-refractivity contribution in [3.63, 3.8) is 0 Å². The number of rotatable bonds is 3. The van der Waals surface area contributed by atoms with Crippen molar-refractivity contribution in [1.29, 1.82) is 0 Å². The highest BCUT2D eigenvalue weighted by Crippen LogP contribution is 2.41. The third-order valence-electron chi connectivity index (χ3n) is 5.18. The molecule has 1 saturated heterocycles. The fourth-order valence-electron chi connectivity index (χ4n) is 3.40. The number of piperidine rings is 1. The summed E-state index contributed by atoms with van der Waals surface area (Å²) in [6.45, 7) is 7.96. The first-order valence-corrected chi connectivity index (χ1v) is 8.62. The molecule has 2 aliphatic rings. The molecule has 2 atom stereocenters. The number of hydrogen-bond acceptors (Lipinski definition) is 2. The Bertz CT molecular complexity index is 618. The largest absolute Gasteiger partial charge is 0.342 e. The highest BCUT2D eigenvalue weighted by molar-refractivity contribution is 5.99. The molecule has 1 saturated carbocycles. The summed E-state index contributed by atoms with van der Waals surface area (Å²) in [5.74, 6) is 0.622. The van der Waals surface area contributed by atoms with Crippen molar-refractivity contribution < 1.29 is 9.59 Å². The van der Waals surface area contributed by atoms with Gasteiger partial charge in [-0.25, -0.2) is 0 Å². The van der Waals surface area contributed by atoms with Gasteiger partial charge in [-0.2, -0.15) is 0 Å². The molecule has 1 aromatic carbocycles. The number of carbonyl (C=O) groups excluding carboxylic acids is 2. The fraction of sp³-hybridized carbons (Fsp3) is 0.579. The molecule has 3 rings (SSSR count). The minimum Gasteiger partial charge on any atom is -0.342 e. The molecule has 0 aromatic heterocycles. The molecule has 23 heavy (non-hydrogen) atoms. The van der Waals surface area contributed by atoms with Gasteiger partial charge in [-0.15, -0.1) is 0 Å². The maximum absolute atomic E-state index is 12.5. The number of benzene rings is 1. The zero-order chi connectivity index (χ0) is 16.6. The molecule has 1 N–H and O–H groups in total. The van der Waals surface area contributed by atoms with E-state index in [1.807, 2.05) is 30.9 Å². The Kier molecular flexibility index (Phi) is 4.42. The first-order chi connectivity index (χ1) is 11.0. The fourth-order valence-corrected chi connectivity index (χ4v) is 3.40. The molecule has 1 aliphatic carbocycles. The van der Waals surface area contributed by atoms with Crippen molar-refractivity contribution in [2.24, 2.45) is 17.8 Å². The maximum atomic E-state index is 12.5. The van der Waals surface area contributed by atoms with Crippen LogP contribution in [-0.4, -0.2) is 29.8 Å². The van der Waals surface area contributed by atoms with Crippen LogP contribution < -0.4 is 5.32 Å². The van der Waals surface area contributed by atoms with Gasteiger partial charge in [0.25, 0.3) is 0 Å². The molecule has 1 aliphatic heterocycles. The third-order valence-corrected chi connectivity index (χ3v) is 5.18. The molecular formula is C19H26N2O2. The average Bonchev–Trinajstić information content (AvgIpc) is 3.31. The Morgan fingerprint density at radius 1 is 1.13 bits per heavy atom. The second kappa shape index (κ2) is 6.34. The topological polar surface area (TPSA) is 49.4 Å². The lowest BCUT2D eigenvalue weighted by molar-refractivity contribution is -0.135. The van der Waals surface area contributed by atoms with E-state index in [-0.39, 0.29) is 23.7 Å². The van der Waals surface area contributed by atoms with E-state index in [0.29, 0.717) is 12.3 Å². The van der Waals surface area contributed by atoms with Crippen molar-refractivity contribution in [2.75, 3.05) is 18.4 Å². The summed E-state index contributed by atoms with van der Waals surface area (Å²) >= 11 is 0. The second-order valence-electron chi connectivity index (χ2n) is 7.26. The molecule has 1 heterocycles. The summed E-state index contributed by atoms with van der Waals surface area (Å²) in [6, 6.07) is 5.99. The van der Waals surface area contributed by atoms with Crippen molar-refractivity contribution in [3.8, 4) is 0 Å². The summed E-state index contributed by atoms with van der Waals surface area (Å²) < 4.78 is 0. The minimum atomic E-state index is -0.150. The lowest BCUT2D eigenvalue weighted by Gasteiger charge is -2.30. The average molecular weight is 314 g/mol. The quantitative estimate of drug-likeness (QED) is 0.932. The van der Waals surface area contributed by atoms with Crippen molar-refractivity contribution in [3.05, 3.63) is 29.3 Å². The summed E-state index contributed by atoms with van der Waals surface area (Å²) in [4.78, 5) is 26.8. The van der Waals surface area contributed by atoms with Gasteiger partial charge in [-0.3, -0.25) is 9.59 Å². The number of anilines is 1. The molecule has 124 valence electrons. The van der Waals surface area contributed by atoms with Crippen molar-refractivity contribution >= 4 is 17.5 Å². The Balaban J connectivity index is 1.55. The van der Waals surface area contributed by atoms with Crippen molar-refractivity contribution in [2.45, 2.75) is 40.0 Å². The predicted molar refractivity (Wildman–Crippen MR) is 91.1 cm³/mol. The normalized spacial score (nSPS) is 24.4. The molecule has 2 amide bonds. The van der Waals surface area contributed by atoms with Gasteiger partial charge in [-0.05, 0) is 50.7 Å². The summed E-state index contributed by atoms with van der Waals surface area (Å²) in [5.41, 5.74) is 3.09. The van der Waals surface area contributed by atoms with E-state index in [9.17, 15) is 9.59 Å². The summed E-state index contributed by atoms with van der Waals surface area (Å²) in [6.07, 6.45) is 2.86. The lowest BCUT2D eigenvalue weighted by atomic mass is 9.99. The van der Waals surface area contributed by atoms with Crippen LogP contribution in [0.15, 0.2) is 18.2 Å². The summed E-state index contributed by atoms with van der Waals surface area (Å²) in [7, 11) is 0. The van der Waals surface area contributed by atoms with Gasteiger partial charge in [0.1, 0.15) is 0 Å². The standard InChI is InChI=1S/C19H26N2O2/c1-12-6-8-21(9-7-12)19(23)16-11-15(16)18(22)20-17-5-4-13(2)10-14(17)3/h4-5,10,12,15-16H,6-9,11H2,1-3H3,(H,20,22). The van der Waals surface area contributed by atoms with Gasteiger partial charge in [0, 0.05) is 18.8 Å². The number of carbonyl (C=O) groups is 2. The molecule has 1 aromatic rings. The van der Waals surface area contributed by atoms with Crippen LogP contribution >= 0.6 is 0 Å². The van der Waals surface area contributed by atoms with E-state index in [1.54, 1.807) is 0 Å². The van der Waals surface area contributed by atoms with Crippen LogP contribution in [0.3, 0.4) is 0 Å². The monoisotopic (exact) mass is 314 g/mol. The number of amides is 2. The zero-order valence-electron chi connectivity index (χ0n) is 14.3. The van der Waals surface area contributed by atoms with Crippen LogP contribution in [0.25, 0.3) is 0 Å². The Morgan fingerprint density at radius 3 is 2.48 bits per heavy atom. The van der Waals surface area contributed by atoms with E-state index >= 15 is 0 Å². The maximum Gasteiger partial charge on any atom is 0.228 e. The van der Waals surface area contributed by atoms with Crippen LogP contribution in [0, 0.1) is 31.6 Å². The van der Waals surface area contributed by atoms with E-state index < -0.39 is 0 Å². The smallest absolute Gasteiger partial charge is 0.228 e. The Labute approximate surface area is 138 Å². The van der Waals surface area contributed by atoms with Gasteiger partial charge in [-0.1, -0.05) is 24.6 Å². The first-order valence-electron chi connectivity index (χ1n) is 8.62. The van der Waals surface area contributed by atoms with Crippen LogP contribution in [0.4, 0.5) is 5.69 Å². The molecule has 0 bridgehead atoms. The number of aryl methyl sites for hydroxylation is 2. The molecular weight excluding hydrogens is 288 g/mol. The predicted octanol–water partition coefficient (Wildman–Crippen LogP) is 3.14. The molecule has 4 nitrogen and oxygen atoms in total. The van der Waals surface area contributed by atoms with E-state index in [0.717, 1.165) is 37.2 Å². The van der Waals surface area contributed by atoms with E-state index in [1.165, 1.54) is 5.56 Å². The highest BCUT2D eigenvalue weighted by Gasteiger charge is 2.49. The number of likely N-dealkylation sites (tertiary alicyclic amines) is 1. The summed E-state index contributed by atoms with van der Waals surface area (Å²) in [5, 5.41) is 2.98. The van der Waals surface area contributed by atoms with Crippen LogP contribution in [0.5, 0.6) is 0 Å². The van der Waals surface area contributed by atoms with Gasteiger partial charge >= 0.3 is 0 Å². The first kappa shape index (κ1) is 16.0. The van der Waals surface area contributed by atoms with Crippen molar-refractivity contribution in [1.82, 2.24) is 4.90 Å². The van der Waals surface area contributed by atoms with Gasteiger partial charge in [0.05, 0.1) is 11.8 Å². The number of nitrogens with one attached hydrogen (secondary N) is 1. The number of hydrogen-bond donors (Lipinski definition) is 1. The van der Waals surface area contributed by atoms with Gasteiger partial charge in [0.2, 0.25) is 11.8 Å². The van der Waals surface area contributed by atoms with E-state index in [4.69, 9.17) is 0 Å². The molecule has 0 radical (unpaired) electrons. The van der Waals surface area contributed by atoms with Gasteiger partial charge in [0.15, 0.2) is 0 Å².